The summed E-state index contributed by atoms with van der Waals surface area (Å²) >= 11 is 0. The maximum atomic E-state index is 6.19. The third-order valence-electron chi connectivity index (χ3n) is 6.20. The minimum atomic E-state index is 0.142. The number of allylic oxidation sites excluding steroid dienone is 2. The van der Waals surface area contributed by atoms with E-state index in [2.05, 4.69) is 78.6 Å². The Labute approximate surface area is 204 Å². The summed E-state index contributed by atoms with van der Waals surface area (Å²) < 4.78 is 0. The van der Waals surface area contributed by atoms with Gasteiger partial charge < -0.3 is 5.73 Å². The van der Waals surface area contributed by atoms with Crippen LogP contribution in [0, 0.1) is 5.92 Å². The zero-order valence-electron chi connectivity index (χ0n) is 21.9. The van der Waals surface area contributed by atoms with Crippen molar-refractivity contribution < 1.29 is 0 Å². The summed E-state index contributed by atoms with van der Waals surface area (Å²) in [6, 6.07) is 4.16. The molecule has 1 unspecified atom stereocenters. The van der Waals surface area contributed by atoms with Gasteiger partial charge in [-0.3, -0.25) is 9.97 Å². The molecular formula is C29H39N5. The molecule has 3 aromatic heterocycles. The zero-order chi connectivity index (χ0) is 25.0. The van der Waals surface area contributed by atoms with Crippen molar-refractivity contribution in [3.8, 4) is 0 Å². The Morgan fingerprint density at radius 2 is 1.68 bits per heavy atom. The predicted octanol–water partition coefficient (Wildman–Crippen LogP) is 5.09. The fraction of sp³-hybridized carbons (Fsp3) is 0.448. The molecular weight excluding hydrogens is 418 g/mol. The van der Waals surface area contributed by atoms with E-state index in [1.807, 2.05) is 24.5 Å². The van der Waals surface area contributed by atoms with E-state index in [1.165, 1.54) is 5.22 Å². The third-order valence-corrected chi connectivity index (χ3v) is 6.20. The van der Waals surface area contributed by atoms with Crippen LogP contribution in [0.25, 0.3) is 23.1 Å². The molecule has 2 N–H and O–H groups in total. The average molecular weight is 458 g/mol. The van der Waals surface area contributed by atoms with Crippen molar-refractivity contribution >= 4 is 23.1 Å². The topological polar surface area (TPSA) is 77.6 Å². The fourth-order valence-electron chi connectivity index (χ4n) is 4.08. The lowest BCUT2D eigenvalue weighted by molar-refractivity contribution is 0.679. The monoisotopic (exact) mass is 457 g/mol. The molecule has 1 atom stereocenters. The highest BCUT2D eigenvalue weighted by atomic mass is 14.9. The van der Waals surface area contributed by atoms with Crippen LogP contribution in [0.2, 0.25) is 0 Å². The molecule has 0 fully saturated rings. The lowest BCUT2D eigenvalue weighted by atomic mass is 9.99. The lowest BCUT2D eigenvalue weighted by Crippen LogP contribution is -2.32. The van der Waals surface area contributed by atoms with Crippen LogP contribution in [0.1, 0.15) is 96.0 Å². The van der Waals surface area contributed by atoms with Crippen LogP contribution in [-0.4, -0.2) is 19.9 Å². The molecule has 0 aliphatic heterocycles. The first-order valence-electron chi connectivity index (χ1n) is 12.4. The van der Waals surface area contributed by atoms with Crippen LogP contribution in [0.15, 0.2) is 36.3 Å². The molecule has 0 saturated carbocycles. The lowest BCUT2D eigenvalue weighted by Gasteiger charge is -2.14. The van der Waals surface area contributed by atoms with E-state index in [-0.39, 0.29) is 5.92 Å². The summed E-state index contributed by atoms with van der Waals surface area (Å²) in [5, 5.41) is 3.36. The van der Waals surface area contributed by atoms with Gasteiger partial charge in [0.2, 0.25) is 0 Å². The quantitative estimate of drug-likeness (QED) is 0.534. The van der Waals surface area contributed by atoms with E-state index in [4.69, 9.17) is 20.7 Å². The summed E-state index contributed by atoms with van der Waals surface area (Å²) in [5.41, 5.74) is 11.2. The molecule has 180 valence electrons. The third kappa shape index (κ3) is 5.69. The first kappa shape index (κ1) is 25.5. The van der Waals surface area contributed by atoms with Crippen molar-refractivity contribution in [1.82, 2.24) is 19.9 Å². The van der Waals surface area contributed by atoms with Crippen molar-refractivity contribution in [1.29, 1.82) is 0 Å². The van der Waals surface area contributed by atoms with Gasteiger partial charge in [-0.2, -0.15) is 0 Å². The highest BCUT2D eigenvalue weighted by Gasteiger charge is 2.15. The van der Waals surface area contributed by atoms with Gasteiger partial charge >= 0.3 is 0 Å². The maximum Gasteiger partial charge on any atom is 0.132 e. The Kier molecular flexibility index (Phi) is 8.19. The van der Waals surface area contributed by atoms with Gasteiger partial charge in [-0.15, -0.1) is 0 Å². The molecule has 3 aromatic rings. The zero-order valence-corrected chi connectivity index (χ0v) is 21.9. The first-order valence-corrected chi connectivity index (χ1v) is 12.4. The van der Waals surface area contributed by atoms with Gasteiger partial charge in [0, 0.05) is 40.3 Å². The summed E-state index contributed by atoms with van der Waals surface area (Å²) in [7, 11) is 0. The fourth-order valence-corrected chi connectivity index (χ4v) is 4.08. The standard InChI is InChI=1S/C29H39N5/c1-9-21-15-22(33-28(19(6)7)23(21)10-11-25(30)17(2)3)14-20(8)29-32-16-24-26(34-29)12-13-31-27(24)18(4)5/h9-13,15-20H,14,30H2,1-8H3/b21-9-,23-10+,25-11-. The minimum Gasteiger partial charge on any atom is -0.402 e. The molecule has 3 heterocycles. The summed E-state index contributed by atoms with van der Waals surface area (Å²) in [4.78, 5) is 19.2. The molecule has 0 radical (unpaired) electrons. The largest absolute Gasteiger partial charge is 0.402 e. The van der Waals surface area contributed by atoms with E-state index < -0.39 is 0 Å². The first-order chi connectivity index (χ1) is 16.1. The Bertz CT molecular complexity index is 1300. The predicted molar refractivity (Wildman–Crippen MR) is 143 cm³/mol. The number of nitrogens with two attached hydrogens (primary N) is 1. The van der Waals surface area contributed by atoms with Gasteiger partial charge in [0.05, 0.1) is 16.9 Å². The van der Waals surface area contributed by atoms with Crippen molar-refractivity contribution in [3.63, 3.8) is 0 Å². The van der Waals surface area contributed by atoms with E-state index in [1.54, 1.807) is 0 Å². The van der Waals surface area contributed by atoms with Gasteiger partial charge in [0.25, 0.3) is 0 Å². The Hall–Kier alpha value is -3.08. The van der Waals surface area contributed by atoms with Gasteiger partial charge in [-0.25, -0.2) is 9.97 Å². The highest BCUT2D eigenvalue weighted by Crippen LogP contribution is 2.24. The number of nitrogens with zero attached hydrogens (tertiary/aromatic N) is 4. The van der Waals surface area contributed by atoms with E-state index in [9.17, 15) is 0 Å². The van der Waals surface area contributed by atoms with Gasteiger partial charge in [0.15, 0.2) is 0 Å². The van der Waals surface area contributed by atoms with Crippen LogP contribution in [-0.2, 0) is 6.42 Å². The molecule has 0 saturated heterocycles. The second-order valence-corrected chi connectivity index (χ2v) is 10.1. The summed E-state index contributed by atoms with van der Waals surface area (Å²) in [5.74, 6) is 1.93. The number of rotatable bonds is 7. The molecule has 0 aliphatic carbocycles. The van der Waals surface area contributed by atoms with Crippen LogP contribution >= 0.6 is 0 Å². The van der Waals surface area contributed by atoms with Gasteiger partial charge in [-0.1, -0.05) is 60.6 Å². The van der Waals surface area contributed by atoms with Crippen molar-refractivity contribution in [3.05, 3.63) is 69.6 Å². The van der Waals surface area contributed by atoms with Crippen LogP contribution in [0.3, 0.4) is 0 Å². The number of hydrogen-bond donors (Lipinski definition) is 1. The molecule has 0 aromatic carbocycles. The Morgan fingerprint density at radius 3 is 2.29 bits per heavy atom. The van der Waals surface area contributed by atoms with Gasteiger partial charge in [0.1, 0.15) is 5.82 Å². The van der Waals surface area contributed by atoms with E-state index >= 15 is 0 Å². The summed E-state index contributed by atoms with van der Waals surface area (Å²) in [6.07, 6.45) is 10.8. The number of hydrogen-bond acceptors (Lipinski definition) is 5. The molecule has 5 nitrogen and oxygen atoms in total. The average Bonchev–Trinajstić information content (AvgIpc) is 2.81. The number of fused-ring (bicyclic) bond motifs is 1. The molecule has 0 aliphatic rings. The van der Waals surface area contributed by atoms with Crippen molar-refractivity contribution in [2.24, 2.45) is 11.7 Å². The Morgan fingerprint density at radius 1 is 0.971 bits per heavy atom. The number of aromatic nitrogens is 4. The second-order valence-electron chi connectivity index (χ2n) is 10.1. The van der Waals surface area contributed by atoms with E-state index in [0.29, 0.717) is 17.8 Å². The van der Waals surface area contributed by atoms with Crippen molar-refractivity contribution in [2.45, 2.75) is 79.6 Å². The number of pyridine rings is 2. The maximum absolute atomic E-state index is 6.19. The molecule has 0 bridgehead atoms. The molecule has 34 heavy (non-hydrogen) atoms. The molecule has 0 amide bonds. The van der Waals surface area contributed by atoms with E-state index in [0.717, 1.165) is 51.1 Å². The normalized spacial score (nSPS) is 14.7. The molecule has 3 rings (SSSR count). The molecule has 0 spiro atoms. The van der Waals surface area contributed by atoms with Crippen LogP contribution in [0.4, 0.5) is 0 Å². The SMILES string of the molecule is C/C=c1/cc(CC(C)c2ncc3c(C(C)C)nccc3n2)nc(C(C)C)/c1=C/C=C(\N)C(C)C. The van der Waals surface area contributed by atoms with Crippen LogP contribution in [0.5, 0.6) is 0 Å². The minimum absolute atomic E-state index is 0.142. The smallest absolute Gasteiger partial charge is 0.132 e. The highest BCUT2D eigenvalue weighted by molar-refractivity contribution is 5.80. The van der Waals surface area contributed by atoms with Crippen LogP contribution < -0.4 is 16.2 Å². The van der Waals surface area contributed by atoms with Crippen molar-refractivity contribution in [2.75, 3.05) is 0 Å². The Balaban J connectivity index is 2.00. The second kappa shape index (κ2) is 10.9. The summed E-state index contributed by atoms with van der Waals surface area (Å²) in [6.45, 7) is 17.1. The van der Waals surface area contributed by atoms with Gasteiger partial charge in [-0.05, 0) is 54.5 Å². The molecule has 5 heteroatoms.